The summed E-state index contributed by atoms with van der Waals surface area (Å²) in [4.78, 5) is 0. The number of benzene rings is 15. The molecule has 0 saturated carbocycles. The minimum atomic E-state index is 0.500. The summed E-state index contributed by atoms with van der Waals surface area (Å²) in [6.45, 7) is 35.0. The SMILES string of the molecule is CC(C)(C)C.CC(C)(C)C.CC(C)(C)C.CC(C)(C)C.c1ccc(-c2ccc(-n3c4ccccc4c4ccccc43)cc2)cc1.c1ccc(-c2ccc3c(c2)c2ccccc2n3-c2ccccc2)cc1.c1ccc(-n2c3ccccc3c3ccccc32)cc1.c1ccc2c(-n3c4ccccc4c4ccccc43)cccc2c1. The summed E-state index contributed by atoms with van der Waals surface area (Å²) in [5, 5.41) is 12.9. The van der Waals surface area contributed by atoms with Crippen molar-refractivity contribution in [3.05, 3.63) is 376 Å². The zero-order valence-corrected chi connectivity index (χ0v) is 68.6. The Labute approximate surface area is 665 Å². The molecule has 19 rings (SSSR count). The zero-order chi connectivity index (χ0) is 79.2. The second-order valence-corrected chi connectivity index (χ2v) is 35.1. The maximum atomic E-state index is 2.38. The maximum Gasteiger partial charge on any atom is 0.0541 e. The van der Waals surface area contributed by atoms with E-state index in [0.29, 0.717) is 21.7 Å². The monoisotopic (exact) mass is 1460 g/mol. The lowest BCUT2D eigenvalue weighted by Crippen LogP contribution is -1.94. The molecule has 0 N–H and O–H groups in total. The van der Waals surface area contributed by atoms with Gasteiger partial charge in [0.2, 0.25) is 0 Å². The molecular formula is C108H110N4. The summed E-state index contributed by atoms with van der Waals surface area (Å²) in [7, 11) is 0. The van der Waals surface area contributed by atoms with E-state index in [2.05, 4.69) is 505 Å². The average Bonchev–Trinajstić information content (AvgIpc) is 1.62. The molecule has 0 atom stereocenters. The van der Waals surface area contributed by atoms with Crippen molar-refractivity contribution in [3.63, 3.8) is 0 Å². The van der Waals surface area contributed by atoms with Gasteiger partial charge in [-0.05, 0) is 146 Å². The standard InChI is InChI=1S/2C24H17N.C22H15N.C18H13N.4C5H12/c1-3-9-18(10-4-1)19-15-16-24-22(17-19)21-13-7-8-14-23(21)25(24)20-11-5-2-6-12-20;1-2-8-18(9-3-1)19-14-16-20(17-15-19)25-23-12-6-4-10-21(23)22-11-5-7-13-24(22)25;1-2-10-17-16(8-1)9-7-15-20(17)23-21-13-5-3-11-18(21)19-12-4-6-14-22(19)23;1-2-8-14(9-3-1)19-17-12-6-4-10-15(17)16-11-5-7-13-18(16)19;4*1-5(2,3)4/h2*1-17H;1-15H;1-13H;4*1-4H3. The van der Waals surface area contributed by atoms with Crippen molar-refractivity contribution in [2.45, 2.75) is 111 Å². The molecule has 0 saturated heterocycles. The van der Waals surface area contributed by atoms with E-state index in [1.807, 2.05) is 0 Å². The molecule has 0 bridgehead atoms. The fraction of sp³-hybridized carbons (Fsp3) is 0.185. The summed E-state index contributed by atoms with van der Waals surface area (Å²) in [5.41, 5.74) is 21.8. The Bertz CT molecular complexity index is 6000. The number of para-hydroxylation sites is 9. The van der Waals surface area contributed by atoms with E-state index < -0.39 is 0 Å². The Morgan fingerprint density at radius 2 is 0.366 bits per heavy atom. The molecule has 4 heteroatoms. The van der Waals surface area contributed by atoms with Gasteiger partial charge in [-0.1, -0.05) is 390 Å². The predicted molar refractivity (Wildman–Crippen MR) is 492 cm³/mol. The van der Waals surface area contributed by atoms with E-state index in [1.54, 1.807) is 0 Å². The first-order chi connectivity index (χ1) is 53.7. The molecule has 0 unspecified atom stereocenters. The van der Waals surface area contributed by atoms with E-state index in [4.69, 9.17) is 0 Å². The molecule has 0 aliphatic rings. The molecule has 0 fully saturated rings. The molecular weight excluding hydrogens is 1350 g/mol. The van der Waals surface area contributed by atoms with Crippen molar-refractivity contribution >= 4 is 98.0 Å². The van der Waals surface area contributed by atoms with Crippen LogP contribution in [-0.2, 0) is 0 Å². The minimum absolute atomic E-state index is 0.500. The molecule has 19 aromatic rings. The maximum absolute atomic E-state index is 2.38. The van der Waals surface area contributed by atoms with Crippen molar-refractivity contribution in [1.82, 2.24) is 18.3 Å². The third-order valence-electron chi connectivity index (χ3n) is 17.8. The molecule has 4 nitrogen and oxygen atoms in total. The van der Waals surface area contributed by atoms with Crippen LogP contribution in [0.25, 0.3) is 143 Å². The Balaban J connectivity index is 0.000000128. The molecule has 0 spiro atoms. The summed E-state index contributed by atoms with van der Waals surface area (Å²) < 4.78 is 9.40. The number of rotatable bonds is 6. The third-order valence-corrected chi connectivity index (χ3v) is 17.8. The van der Waals surface area contributed by atoms with E-state index in [1.165, 1.54) is 143 Å². The Morgan fingerprint density at radius 3 is 0.696 bits per heavy atom. The molecule has 0 aliphatic carbocycles. The van der Waals surface area contributed by atoms with Crippen molar-refractivity contribution < 1.29 is 0 Å². The van der Waals surface area contributed by atoms with Gasteiger partial charge in [-0.15, -0.1) is 0 Å². The van der Waals surface area contributed by atoms with Gasteiger partial charge in [-0.3, -0.25) is 0 Å². The molecule has 562 valence electrons. The predicted octanol–water partition coefficient (Wildman–Crippen LogP) is 31.8. The lowest BCUT2D eigenvalue weighted by Gasteiger charge is -2.11. The van der Waals surface area contributed by atoms with Crippen LogP contribution in [0.15, 0.2) is 376 Å². The number of fused-ring (bicyclic) bond motifs is 13. The smallest absolute Gasteiger partial charge is 0.0541 e. The van der Waals surface area contributed by atoms with Gasteiger partial charge in [0.15, 0.2) is 0 Å². The number of hydrogen-bond acceptors (Lipinski definition) is 0. The normalized spacial score (nSPS) is 11.4. The average molecular weight is 1460 g/mol. The molecule has 0 aliphatic heterocycles. The van der Waals surface area contributed by atoms with E-state index >= 15 is 0 Å². The molecule has 112 heavy (non-hydrogen) atoms. The van der Waals surface area contributed by atoms with Gasteiger partial charge >= 0.3 is 0 Å². The number of hydrogen-bond donors (Lipinski definition) is 0. The zero-order valence-electron chi connectivity index (χ0n) is 68.6. The Morgan fingerprint density at radius 1 is 0.152 bits per heavy atom. The van der Waals surface area contributed by atoms with Gasteiger partial charge in [0.1, 0.15) is 0 Å². The van der Waals surface area contributed by atoms with Gasteiger partial charge < -0.3 is 18.3 Å². The van der Waals surface area contributed by atoms with E-state index in [9.17, 15) is 0 Å². The number of aromatic nitrogens is 4. The number of nitrogens with zero attached hydrogens (tertiary/aromatic N) is 4. The second kappa shape index (κ2) is 35.2. The topological polar surface area (TPSA) is 19.7 Å². The fourth-order valence-corrected chi connectivity index (χ4v) is 13.6. The first kappa shape index (κ1) is 79.3. The van der Waals surface area contributed by atoms with Crippen LogP contribution in [0, 0.1) is 21.7 Å². The summed E-state index contributed by atoms with van der Waals surface area (Å²) >= 11 is 0. The lowest BCUT2D eigenvalue weighted by molar-refractivity contribution is 0.469. The quantitative estimate of drug-likeness (QED) is 0.158. The van der Waals surface area contributed by atoms with Crippen LogP contribution in [-0.4, -0.2) is 18.3 Å². The van der Waals surface area contributed by atoms with Crippen LogP contribution < -0.4 is 0 Å². The van der Waals surface area contributed by atoms with Gasteiger partial charge in [-0.2, -0.15) is 0 Å². The highest BCUT2D eigenvalue weighted by Gasteiger charge is 2.17. The highest BCUT2D eigenvalue weighted by atomic mass is 15.0. The van der Waals surface area contributed by atoms with Crippen molar-refractivity contribution in [2.24, 2.45) is 21.7 Å². The lowest BCUT2D eigenvalue weighted by atomic mass is 10.0. The highest BCUT2D eigenvalue weighted by molar-refractivity contribution is 6.13. The van der Waals surface area contributed by atoms with Crippen LogP contribution >= 0.6 is 0 Å². The summed E-state index contributed by atoms with van der Waals surface area (Å²) in [6.07, 6.45) is 0. The summed E-state index contributed by atoms with van der Waals surface area (Å²) in [6, 6.07) is 133. The highest BCUT2D eigenvalue weighted by Crippen LogP contribution is 2.39. The Hall–Kier alpha value is -12.2. The molecule has 0 amide bonds. The van der Waals surface area contributed by atoms with Crippen LogP contribution in [0.4, 0.5) is 0 Å². The van der Waals surface area contributed by atoms with E-state index in [0.717, 1.165) is 0 Å². The first-order valence-electron chi connectivity index (χ1n) is 39.5. The van der Waals surface area contributed by atoms with Gasteiger partial charge in [0.05, 0.1) is 49.8 Å². The van der Waals surface area contributed by atoms with Crippen LogP contribution in [0.3, 0.4) is 0 Å². The first-order valence-corrected chi connectivity index (χ1v) is 39.5. The van der Waals surface area contributed by atoms with Crippen molar-refractivity contribution in [1.29, 1.82) is 0 Å². The van der Waals surface area contributed by atoms with Crippen molar-refractivity contribution in [3.8, 4) is 45.0 Å². The van der Waals surface area contributed by atoms with E-state index in [-0.39, 0.29) is 0 Å². The van der Waals surface area contributed by atoms with Gasteiger partial charge in [0.25, 0.3) is 0 Å². The Kier molecular flexibility index (Phi) is 24.9. The molecule has 4 aromatic heterocycles. The van der Waals surface area contributed by atoms with Gasteiger partial charge in [-0.25, -0.2) is 0 Å². The van der Waals surface area contributed by atoms with Crippen molar-refractivity contribution in [2.75, 3.05) is 0 Å². The van der Waals surface area contributed by atoms with Crippen LogP contribution in [0.1, 0.15) is 111 Å². The third kappa shape index (κ3) is 20.2. The minimum Gasteiger partial charge on any atom is -0.309 e. The van der Waals surface area contributed by atoms with Gasteiger partial charge in [0, 0.05) is 65.5 Å². The molecule has 0 radical (unpaired) electrons. The molecule has 15 aromatic carbocycles. The second-order valence-electron chi connectivity index (χ2n) is 35.1. The van der Waals surface area contributed by atoms with Crippen LogP contribution in [0.2, 0.25) is 0 Å². The fourth-order valence-electron chi connectivity index (χ4n) is 13.6. The molecule has 4 heterocycles. The summed E-state index contributed by atoms with van der Waals surface area (Å²) in [5.74, 6) is 0. The van der Waals surface area contributed by atoms with Crippen LogP contribution in [0.5, 0.6) is 0 Å². The largest absolute Gasteiger partial charge is 0.309 e.